The number of aryl methyl sites for hydroxylation is 1. The zero-order valence-electron chi connectivity index (χ0n) is 10.1. The van der Waals surface area contributed by atoms with Gasteiger partial charge >= 0.3 is 0 Å². The third-order valence-electron chi connectivity index (χ3n) is 2.91. The van der Waals surface area contributed by atoms with Gasteiger partial charge in [0.15, 0.2) is 5.82 Å². The van der Waals surface area contributed by atoms with Crippen LogP contribution in [0.2, 0.25) is 5.02 Å². The number of rotatable bonds is 1. The normalized spacial score (nSPS) is 16.2. The van der Waals surface area contributed by atoms with E-state index in [9.17, 15) is 0 Å². The van der Waals surface area contributed by atoms with Crippen LogP contribution in [-0.2, 0) is 4.74 Å². The number of morpholine rings is 1. The molecule has 1 aliphatic heterocycles. The molecule has 3 rings (SSSR count). The second-order valence-electron chi connectivity index (χ2n) is 4.22. The SMILES string of the molecule is Cc1nc(N2CCOCC2)c2ncc(Cl)cc2n1. The highest BCUT2D eigenvalue weighted by atomic mass is 35.5. The van der Waals surface area contributed by atoms with Crippen LogP contribution in [0.25, 0.3) is 11.0 Å². The Morgan fingerprint density at radius 2 is 2.06 bits per heavy atom. The first kappa shape index (κ1) is 11.6. The number of ether oxygens (including phenoxy) is 1. The number of pyridine rings is 1. The van der Waals surface area contributed by atoms with Crippen LogP contribution in [-0.4, -0.2) is 41.3 Å². The molecule has 0 atom stereocenters. The third kappa shape index (κ3) is 2.11. The zero-order chi connectivity index (χ0) is 12.5. The molecule has 1 aliphatic rings. The lowest BCUT2D eigenvalue weighted by molar-refractivity contribution is 0.122. The number of halogens is 1. The predicted molar refractivity (Wildman–Crippen MR) is 70.1 cm³/mol. The summed E-state index contributed by atoms with van der Waals surface area (Å²) >= 11 is 5.95. The zero-order valence-corrected chi connectivity index (χ0v) is 10.8. The number of aromatic nitrogens is 3. The van der Waals surface area contributed by atoms with Gasteiger partial charge in [-0.25, -0.2) is 15.0 Å². The lowest BCUT2D eigenvalue weighted by atomic mass is 10.3. The quantitative estimate of drug-likeness (QED) is 0.786. The average molecular weight is 265 g/mol. The van der Waals surface area contributed by atoms with E-state index in [1.165, 1.54) is 0 Å². The number of hydrogen-bond donors (Lipinski definition) is 0. The van der Waals surface area contributed by atoms with Crippen molar-refractivity contribution in [2.24, 2.45) is 0 Å². The standard InChI is InChI=1S/C12H13ClN4O/c1-8-15-10-6-9(13)7-14-11(10)12(16-8)17-2-4-18-5-3-17/h6-7H,2-5H2,1H3. The second-order valence-corrected chi connectivity index (χ2v) is 4.65. The third-order valence-corrected chi connectivity index (χ3v) is 3.11. The first-order valence-corrected chi connectivity index (χ1v) is 6.24. The number of anilines is 1. The van der Waals surface area contributed by atoms with Crippen LogP contribution in [0, 0.1) is 6.92 Å². The molecular formula is C12H13ClN4O. The largest absolute Gasteiger partial charge is 0.378 e. The first-order chi connectivity index (χ1) is 8.74. The molecule has 0 aromatic carbocycles. The molecule has 1 saturated heterocycles. The monoisotopic (exact) mass is 264 g/mol. The van der Waals surface area contributed by atoms with Crippen molar-refractivity contribution in [1.29, 1.82) is 0 Å². The minimum Gasteiger partial charge on any atom is -0.378 e. The summed E-state index contributed by atoms with van der Waals surface area (Å²) in [5.74, 6) is 1.60. The number of nitrogens with zero attached hydrogens (tertiary/aromatic N) is 4. The molecule has 0 bridgehead atoms. The van der Waals surface area contributed by atoms with E-state index in [0.717, 1.165) is 49.0 Å². The van der Waals surface area contributed by atoms with E-state index in [2.05, 4.69) is 19.9 Å². The molecule has 0 radical (unpaired) electrons. The molecule has 0 saturated carbocycles. The fourth-order valence-corrected chi connectivity index (χ4v) is 2.24. The van der Waals surface area contributed by atoms with Crippen molar-refractivity contribution in [3.8, 4) is 0 Å². The summed E-state index contributed by atoms with van der Waals surface area (Å²) in [7, 11) is 0. The molecule has 94 valence electrons. The Hall–Kier alpha value is -1.46. The number of hydrogen-bond acceptors (Lipinski definition) is 5. The van der Waals surface area contributed by atoms with Crippen molar-refractivity contribution in [1.82, 2.24) is 15.0 Å². The first-order valence-electron chi connectivity index (χ1n) is 5.86. The highest BCUT2D eigenvalue weighted by molar-refractivity contribution is 6.31. The minimum atomic E-state index is 0.591. The Kier molecular flexibility index (Phi) is 3.01. The fraction of sp³-hybridized carbons (Fsp3) is 0.417. The van der Waals surface area contributed by atoms with Gasteiger partial charge in [-0.05, 0) is 13.0 Å². The van der Waals surface area contributed by atoms with Gasteiger partial charge in [-0.15, -0.1) is 0 Å². The summed E-state index contributed by atoms with van der Waals surface area (Å²) < 4.78 is 5.36. The summed E-state index contributed by atoms with van der Waals surface area (Å²) in [6, 6.07) is 1.82. The fourth-order valence-electron chi connectivity index (χ4n) is 2.09. The maximum Gasteiger partial charge on any atom is 0.159 e. The van der Waals surface area contributed by atoms with Crippen LogP contribution in [0.3, 0.4) is 0 Å². The van der Waals surface area contributed by atoms with E-state index >= 15 is 0 Å². The topological polar surface area (TPSA) is 51.1 Å². The van der Waals surface area contributed by atoms with Gasteiger partial charge in [-0.1, -0.05) is 11.6 Å². The van der Waals surface area contributed by atoms with E-state index in [4.69, 9.17) is 16.3 Å². The molecule has 1 fully saturated rings. The van der Waals surface area contributed by atoms with Gasteiger partial charge in [0, 0.05) is 19.3 Å². The summed E-state index contributed by atoms with van der Waals surface area (Å²) in [4.78, 5) is 15.4. The molecule has 2 aromatic rings. The predicted octanol–water partition coefficient (Wildman–Crippen LogP) is 1.82. The van der Waals surface area contributed by atoms with Gasteiger partial charge in [0.25, 0.3) is 0 Å². The molecule has 5 nitrogen and oxygen atoms in total. The smallest absolute Gasteiger partial charge is 0.159 e. The molecule has 0 spiro atoms. The van der Waals surface area contributed by atoms with Crippen molar-refractivity contribution < 1.29 is 4.74 Å². The van der Waals surface area contributed by atoms with Crippen LogP contribution in [0.1, 0.15) is 5.82 Å². The maximum absolute atomic E-state index is 5.95. The Balaban J connectivity index is 2.14. The second kappa shape index (κ2) is 4.66. The van der Waals surface area contributed by atoms with Gasteiger partial charge in [0.1, 0.15) is 11.3 Å². The van der Waals surface area contributed by atoms with Crippen molar-refractivity contribution >= 4 is 28.5 Å². The molecule has 6 heteroatoms. The molecule has 3 heterocycles. The van der Waals surface area contributed by atoms with Crippen LogP contribution in [0.4, 0.5) is 5.82 Å². The van der Waals surface area contributed by atoms with E-state index in [0.29, 0.717) is 5.02 Å². The van der Waals surface area contributed by atoms with Crippen LogP contribution >= 0.6 is 11.6 Å². The van der Waals surface area contributed by atoms with E-state index in [-0.39, 0.29) is 0 Å². The summed E-state index contributed by atoms with van der Waals surface area (Å²) in [5.41, 5.74) is 1.59. The van der Waals surface area contributed by atoms with Gasteiger partial charge in [-0.3, -0.25) is 0 Å². The Morgan fingerprint density at radius 1 is 1.28 bits per heavy atom. The van der Waals surface area contributed by atoms with Gasteiger partial charge in [-0.2, -0.15) is 0 Å². The Bertz CT molecular complexity index is 578. The summed E-state index contributed by atoms with van der Waals surface area (Å²) in [5, 5.41) is 0.591. The van der Waals surface area contributed by atoms with Crippen molar-refractivity contribution in [2.45, 2.75) is 6.92 Å². The van der Waals surface area contributed by atoms with E-state index in [1.54, 1.807) is 6.20 Å². The molecular weight excluding hydrogens is 252 g/mol. The van der Waals surface area contributed by atoms with Crippen molar-refractivity contribution in [3.63, 3.8) is 0 Å². The lowest BCUT2D eigenvalue weighted by Gasteiger charge is -2.28. The average Bonchev–Trinajstić information content (AvgIpc) is 2.38. The Morgan fingerprint density at radius 3 is 2.83 bits per heavy atom. The highest BCUT2D eigenvalue weighted by Gasteiger charge is 2.17. The van der Waals surface area contributed by atoms with E-state index < -0.39 is 0 Å². The molecule has 0 unspecified atom stereocenters. The van der Waals surface area contributed by atoms with Gasteiger partial charge in [0.2, 0.25) is 0 Å². The molecule has 0 amide bonds. The maximum atomic E-state index is 5.95. The Labute approximate surface area is 110 Å². The van der Waals surface area contributed by atoms with Crippen LogP contribution < -0.4 is 4.90 Å². The minimum absolute atomic E-state index is 0.591. The van der Waals surface area contributed by atoms with Crippen molar-refractivity contribution in [3.05, 3.63) is 23.1 Å². The van der Waals surface area contributed by atoms with Crippen LogP contribution in [0.5, 0.6) is 0 Å². The highest BCUT2D eigenvalue weighted by Crippen LogP contribution is 2.24. The lowest BCUT2D eigenvalue weighted by Crippen LogP contribution is -2.37. The number of fused-ring (bicyclic) bond motifs is 1. The molecule has 0 aliphatic carbocycles. The van der Waals surface area contributed by atoms with Crippen molar-refractivity contribution in [2.75, 3.05) is 31.2 Å². The van der Waals surface area contributed by atoms with Gasteiger partial charge < -0.3 is 9.64 Å². The van der Waals surface area contributed by atoms with E-state index in [1.807, 2.05) is 13.0 Å². The summed E-state index contributed by atoms with van der Waals surface area (Å²) in [6.07, 6.45) is 1.63. The molecule has 18 heavy (non-hydrogen) atoms. The van der Waals surface area contributed by atoms with Gasteiger partial charge in [0.05, 0.1) is 23.8 Å². The molecule has 2 aromatic heterocycles. The molecule has 0 N–H and O–H groups in total. The summed E-state index contributed by atoms with van der Waals surface area (Å²) in [6.45, 7) is 4.98. The van der Waals surface area contributed by atoms with Crippen LogP contribution in [0.15, 0.2) is 12.3 Å².